The molecule has 0 spiro atoms. The number of aromatic nitrogens is 1. The molecule has 0 amide bonds. The molecular weight excluding hydrogens is 266 g/mol. The third kappa shape index (κ3) is 2.97. The van der Waals surface area contributed by atoms with Gasteiger partial charge in [0.2, 0.25) is 0 Å². The second-order valence-electron chi connectivity index (χ2n) is 5.02. The Morgan fingerprint density at radius 2 is 2.00 bits per heavy atom. The number of hydrogen-bond donors (Lipinski definition) is 0. The number of ether oxygens (including phenoxy) is 1. The van der Waals surface area contributed by atoms with Crippen molar-refractivity contribution < 1.29 is 4.74 Å². The Morgan fingerprint density at radius 1 is 1.38 bits per heavy atom. The second-order valence-corrected chi connectivity index (χ2v) is 5.58. The number of hydrogen-bond acceptors (Lipinski definition) is 2. The zero-order valence-electron chi connectivity index (χ0n) is 10.7. The van der Waals surface area contributed by atoms with Crippen LogP contribution >= 0.6 is 15.9 Å². The third-order valence-corrected chi connectivity index (χ3v) is 4.28. The number of nitrogens with zero attached hydrogens (tertiary/aromatic N) is 1. The number of aryl methyl sites for hydroxylation is 1. The summed E-state index contributed by atoms with van der Waals surface area (Å²) < 4.78 is 5.41. The van der Waals surface area contributed by atoms with Gasteiger partial charge in [-0.1, -0.05) is 29.8 Å². The zero-order valence-corrected chi connectivity index (χ0v) is 12.3. The second kappa shape index (κ2) is 5.17. The van der Waals surface area contributed by atoms with Gasteiger partial charge in [-0.2, -0.15) is 0 Å². The highest BCUT2D eigenvalue weighted by molar-refractivity contribution is 9.09. The van der Waals surface area contributed by atoms with Gasteiger partial charge in [0, 0.05) is 28.3 Å². The van der Waals surface area contributed by atoms with E-state index in [0.717, 1.165) is 34.3 Å². The Morgan fingerprint density at radius 3 is 2.50 bits per heavy atom. The third-order valence-electron chi connectivity index (χ3n) is 2.76. The Hall–Kier alpha value is -0.570. The van der Waals surface area contributed by atoms with E-state index in [1.807, 2.05) is 13.1 Å². The van der Waals surface area contributed by atoms with Gasteiger partial charge in [-0.25, -0.2) is 0 Å². The summed E-state index contributed by atoms with van der Waals surface area (Å²) >= 11 is 3.54. The smallest absolute Gasteiger partial charge is 0.128 e. The summed E-state index contributed by atoms with van der Waals surface area (Å²) in [6.07, 6.45) is 2.85. The summed E-state index contributed by atoms with van der Waals surface area (Å²) in [7, 11) is 1.72. The predicted molar refractivity (Wildman–Crippen MR) is 71.5 cm³/mol. The molecule has 16 heavy (non-hydrogen) atoms. The van der Waals surface area contributed by atoms with Crippen molar-refractivity contribution in [2.24, 2.45) is 5.41 Å². The molecule has 0 radical (unpaired) electrons. The van der Waals surface area contributed by atoms with Gasteiger partial charge < -0.3 is 4.74 Å². The van der Waals surface area contributed by atoms with Crippen molar-refractivity contribution in [3.63, 3.8) is 0 Å². The van der Waals surface area contributed by atoms with Gasteiger partial charge in [-0.05, 0) is 25.7 Å². The number of rotatable bonds is 4. The highest BCUT2D eigenvalue weighted by Gasteiger charge is 2.20. The first-order valence-corrected chi connectivity index (χ1v) is 6.58. The topological polar surface area (TPSA) is 22.1 Å². The van der Waals surface area contributed by atoms with Crippen molar-refractivity contribution in [1.82, 2.24) is 4.98 Å². The summed E-state index contributed by atoms with van der Waals surface area (Å²) in [5, 5.41) is 0.970. The molecule has 0 saturated carbocycles. The van der Waals surface area contributed by atoms with Crippen molar-refractivity contribution in [1.29, 1.82) is 0 Å². The molecule has 0 unspecified atom stereocenters. The van der Waals surface area contributed by atoms with Crippen LogP contribution in [-0.2, 0) is 6.42 Å². The molecule has 0 aromatic carbocycles. The molecule has 0 fully saturated rings. The van der Waals surface area contributed by atoms with E-state index in [2.05, 4.69) is 41.7 Å². The molecule has 0 aliphatic rings. The SMILES string of the molecule is COc1c(C)cnc(CC(C)(C)CBr)c1C. The first kappa shape index (κ1) is 13.5. The van der Waals surface area contributed by atoms with E-state index in [4.69, 9.17) is 4.74 Å². The normalized spacial score (nSPS) is 11.6. The first-order valence-electron chi connectivity index (χ1n) is 5.46. The minimum Gasteiger partial charge on any atom is -0.496 e. The number of pyridine rings is 1. The average molecular weight is 286 g/mol. The molecule has 1 aromatic rings. The van der Waals surface area contributed by atoms with Crippen LogP contribution in [0.15, 0.2) is 6.20 Å². The van der Waals surface area contributed by atoms with E-state index in [9.17, 15) is 0 Å². The Balaban J connectivity index is 3.07. The lowest BCUT2D eigenvalue weighted by Crippen LogP contribution is -2.18. The fourth-order valence-electron chi connectivity index (χ4n) is 1.75. The monoisotopic (exact) mass is 285 g/mol. The molecule has 1 heterocycles. The van der Waals surface area contributed by atoms with Crippen LogP contribution in [0.4, 0.5) is 0 Å². The van der Waals surface area contributed by atoms with E-state index in [0.29, 0.717) is 0 Å². The molecule has 1 aromatic heterocycles. The molecule has 0 aliphatic heterocycles. The Bertz CT molecular complexity index is 374. The molecule has 90 valence electrons. The highest BCUT2D eigenvalue weighted by Crippen LogP contribution is 2.29. The van der Waals surface area contributed by atoms with Crippen LogP contribution in [0.5, 0.6) is 5.75 Å². The van der Waals surface area contributed by atoms with Crippen molar-refractivity contribution in [3.05, 3.63) is 23.0 Å². The molecule has 0 atom stereocenters. The van der Waals surface area contributed by atoms with Crippen LogP contribution in [0.1, 0.15) is 30.7 Å². The van der Waals surface area contributed by atoms with Crippen molar-refractivity contribution in [2.45, 2.75) is 34.1 Å². The molecule has 3 heteroatoms. The van der Waals surface area contributed by atoms with Crippen LogP contribution < -0.4 is 4.74 Å². The number of alkyl halides is 1. The molecule has 0 saturated heterocycles. The van der Waals surface area contributed by atoms with Crippen LogP contribution in [0, 0.1) is 19.3 Å². The lowest BCUT2D eigenvalue weighted by molar-refractivity contribution is 0.397. The minimum absolute atomic E-state index is 0.220. The number of methoxy groups -OCH3 is 1. The van der Waals surface area contributed by atoms with Crippen molar-refractivity contribution >= 4 is 15.9 Å². The quantitative estimate of drug-likeness (QED) is 0.788. The minimum atomic E-state index is 0.220. The molecule has 0 bridgehead atoms. The lowest BCUT2D eigenvalue weighted by Gasteiger charge is -2.22. The van der Waals surface area contributed by atoms with E-state index in [1.165, 1.54) is 0 Å². The van der Waals surface area contributed by atoms with Gasteiger partial charge in [0.15, 0.2) is 0 Å². The zero-order chi connectivity index (χ0) is 12.3. The van der Waals surface area contributed by atoms with Gasteiger partial charge in [-0.3, -0.25) is 4.98 Å². The fourth-order valence-corrected chi connectivity index (χ4v) is 1.95. The van der Waals surface area contributed by atoms with Crippen LogP contribution in [0.25, 0.3) is 0 Å². The molecular formula is C13H20BrNO. The lowest BCUT2D eigenvalue weighted by atomic mass is 9.88. The van der Waals surface area contributed by atoms with Crippen molar-refractivity contribution in [2.75, 3.05) is 12.4 Å². The van der Waals surface area contributed by atoms with Gasteiger partial charge >= 0.3 is 0 Å². The molecule has 0 N–H and O–H groups in total. The maximum Gasteiger partial charge on any atom is 0.128 e. The van der Waals surface area contributed by atoms with Gasteiger partial charge in [0.25, 0.3) is 0 Å². The molecule has 1 rings (SSSR count). The first-order chi connectivity index (χ1) is 7.41. The van der Waals surface area contributed by atoms with E-state index >= 15 is 0 Å². The average Bonchev–Trinajstić information content (AvgIpc) is 2.23. The standard InChI is InChI=1S/C13H20BrNO/c1-9-7-15-11(6-13(3,4)8-14)10(2)12(9)16-5/h7H,6,8H2,1-5H3. The summed E-state index contributed by atoms with van der Waals surface area (Å²) in [6.45, 7) is 8.57. The van der Waals surface area contributed by atoms with Crippen molar-refractivity contribution in [3.8, 4) is 5.75 Å². The summed E-state index contributed by atoms with van der Waals surface area (Å²) in [5.41, 5.74) is 3.61. The summed E-state index contributed by atoms with van der Waals surface area (Å²) in [6, 6.07) is 0. The molecule has 2 nitrogen and oxygen atoms in total. The van der Waals surface area contributed by atoms with Crippen LogP contribution in [0.2, 0.25) is 0 Å². The highest BCUT2D eigenvalue weighted by atomic mass is 79.9. The van der Waals surface area contributed by atoms with Crippen LogP contribution in [-0.4, -0.2) is 17.4 Å². The molecule has 0 aliphatic carbocycles. The predicted octanol–water partition coefficient (Wildman–Crippen LogP) is 3.67. The summed E-state index contributed by atoms with van der Waals surface area (Å²) in [5.74, 6) is 0.968. The maximum atomic E-state index is 5.41. The van der Waals surface area contributed by atoms with E-state index in [-0.39, 0.29) is 5.41 Å². The van der Waals surface area contributed by atoms with E-state index < -0.39 is 0 Å². The number of halogens is 1. The maximum absolute atomic E-state index is 5.41. The Labute approximate surface area is 107 Å². The largest absolute Gasteiger partial charge is 0.496 e. The summed E-state index contributed by atoms with van der Waals surface area (Å²) in [4.78, 5) is 4.52. The van der Waals surface area contributed by atoms with Gasteiger partial charge in [-0.15, -0.1) is 0 Å². The Kier molecular flexibility index (Phi) is 4.36. The fraction of sp³-hybridized carbons (Fsp3) is 0.615. The van der Waals surface area contributed by atoms with Gasteiger partial charge in [0.1, 0.15) is 5.75 Å². The van der Waals surface area contributed by atoms with Gasteiger partial charge in [0.05, 0.1) is 7.11 Å². The van der Waals surface area contributed by atoms with E-state index in [1.54, 1.807) is 7.11 Å². The van der Waals surface area contributed by atoms with Crippen LogP contribution in [0.3, 0.4) is 0 Å².